The molecule has 3 N–H and O–H groups in total. The maximum atomic E-state index is 5.45. The predicted molar refractivity (Wildman–Crippen MR) is 155 cm³/mol. The molecule has 0 spiro atoms. The Morgan fingerprint density at radius 3 is 2.42 bits per heavy atom. The molecule has 7 nitrogen and oxygen atoms in total. The summed E-state index contributed by atoms with van der Waals surface area (Å²) in [4.78, 5) is 12.2. The summed E-state index contributed by atoms with van der Waals surface area (Å²) < 4.78 is 5.45. The van der Waals surface area contributed by atoms with Crippen molar-refractivity contribution >= 4 is 28.0 Å². The van der Waals surface area contributed by atoms with Crippen molar-refractivity contribution < 1.29 is 4.52 Å². The number of nitrogens with zero attached hydrogens (tertiary/aromatic N) is 3. The van der Waals surface area contributed by atoms with Gasteiger partial charge in [0.1, 0.15) is 5.69 Å². The number of para-hydroxylation sites is 1. The summed E-state index contributed by atoms with van der Waals surface area (Å²) in [5.41, 5.74) is 6.96. The first-order valence-electron chi connectivity index (χ1n) is 12.8. The minimum Gasteiger partial charge on any atom is -0.385 e. The average Bonchev–Trinajstić information content (AvgIpc) is 3.64. The molecule has 3 heterocycles. The molecule has 6 rings (SSSR count). The first kappa shape index (κ1) is 24.8. The van der Waals surface area contributed by atoms with Gasteiger partial charge in [0.15, 0.2) is 0 Å². The molecule has 6 aromatic rings. The van der Waals surface area contributed by atoms with Crippen LogP contribution in [0, 0.1) is 0 Å². The number of aromatic nitrogens is 4. The van der Waals surface area contributed by atoms with Gasteiger partial charge in [-0.2, -0.15) is 4.98 Å². The molecule has 0 aliphatic rings. The second-order valence-electron chi connectivity index (χ2n) is 8.46. The molecule has 3 aromatic heterocycles. The molecule has 38 heavy (non-hydrogen) atoms. The zero-order chi connectivity index (χ0) is 26.2. The lowest BCUT2D eigenvalue weighted by Gasteiger charge is -2.10. The van der Waals surface area contributed by atoms with Crippen molar-refractivity contribution in [2.45, 2.75) is 20.3 Å². The molecule has 0 bridgehead atoms. The van der Waals surface area contributed by atoms with E-state index in [9.17, 15) is 0 Å². The van der Waals surface area contributed by atoms with E-state index in [1.165, 1.54) is 16.5 Å². The highest BCUT2D eigenvalue weighted by Crippen LogP contribution is 2.25. The van der Waals surface area contributed by atoms with Crippen LogP contribution in [0.15, 0.2) is 108 Å². The molecular weight excluding hydrogens is 472 g/mol. The molecule has 190 valence electrons. The number of H-pyrrole nitrogens is 1. The fourth-order valence-electron chi connectivity index (χ4n) is 4.18. The van der Waals surface area contributed by atoms with Crippen LogP contribution in [0.2, 0.25) is 0 Å². The Bertz CT molecular complexity index is 1590. The summed E-state index contributed by atoms with van der Waals surface area (Å²) in [6.45, 7) is 4.86. The number of fused-ring (bicyclic) bond motifs is 1. The summed E-state index contributed by atoms with van der Waals surface area (Å²) in [6.07, 6.45) is 4.77. The Kier molecular flexibility index (Phi) is 7.75. The van der Waals surface area contributed by atoms with Crippen LogP contribution in [-0.2, 0) is 6.42 Å². The van der Waals surface area contributed by atoms with Crippen LogP contribution in [0.5, 0.6) is 0 Å². The quantitative estimate of drug-likeness (QED) is 0.197. The van der Waals surface area contributed by atoms with Gasteiger partial charge in [-0.15, -0.1) is 0 Å². The largest absolute Gasteiger partial charge is 0.385 e. The smallest absolute Gasteiger partial charge is 0.276 e. The van der Waals surface area contributed by atoms with Crippen LogP contribution >= 0.6 is 0 Å². The van der Waals surface area contributed by atoms with E-state index < -0.39 is 0 Å². The Labute approximate surface area is 222 Å². The second kappa shape index (κ2) is 11.9. The Balaban J connectivity index is 0.00000144. The molecule has 0 aliphatic carbocycles. The number of aromatic amines is 1. The number of anilines is 3. The third kappa shape index (κ3) is 5.73. The van der Waals surface area contributed by atoms with Crippen LogP contribution in [0.3, 0.4) is 0 Å². The van der Waals surface area contributed by atoms with E-state index in [2.05, 4.69) is 73.3 Å². The molecule has 0 radical (unpaired) electrons. The lowest BCUT2D eigenvalue weighted by Crippen LogP contribution is -2.04. The van der Waals surface area contributed by atoms with Gasteiger partial charge in [-0.3, -0.25) is 4.98 Å². The van der Waals surface area contributed by atoms with Gasteiger partial charge in [-0.1, -0.05) is 67.5 Å². The highest BCUT2D eigenvalue weighted by Gasteiger charge is 2.12. The Hall–Kier alpha value is -4.91. The number of rotatable bonds is 8. The van der Waals surface area contributed by atoms with E-state index in [0.29, 0.717) is 17.4 Å². The fraction of sp³-hybridized carbons (Fsp3) is 0.129. The highest BCUT2D eigenvalue weighted by molar-refractivity contribution is 5.83. The van der Waals surface area contributed by atoms with Crippen LogP contribution in [0.4, 0.5) is 17.1 Å². The molecular formula is C31H30N6O. The summed E-state index contributed by atoms with van der Waals surface area (Å²) in [5, 5.41) is 12.3. The zero-order valence-corrected chi connectivity index (χ0v) is 21.5. The number of benzene rings is 3. The topological polar surface area (TPSA) is 91.7 Å². The maximum absolute atomic E-state index is 5.45. The van der Waals surface area contributed by atoms with E-state index in [0.717, 1.165) is 35.6 Å². The molecule has 7 heteroatoms. The fourth-order valence-corrected chi connectivity index (χ4v) is 4.18. The summed E-state index contributed by atoms with van der Waals surface area (Å²) in [5.74, 6) is 0.922. The summed E-state index contributed by atoms with van der Waals surface area (Å²) >= 11 is 0. The number of hydrogen-bond acceptors (Lipinski definition) is 6. The minimum atomic E-state index is 0.382. The molecule has 0 amide bonds. The monoisotopic (exact) mass is 502 g/mol. The number of nitrogens with one attached hydrogen (secondary N) is 3. The molecule has 0 atom stereocenters. The van der Waals surface area contributed by atoms with Gasteiger partial charge in [0.05, 0.1) is 0 Å². The van der Waals surface area contributed by atoms with Crippen molar-refractivity contribution in [2.24, 2.45) is 0 Å². The van der Waals surface area contributed by atoms with E-state index in [1.807, 2.05) is 68.4 Å². The van der Waals surface area contributed by atoms with Gasteiger partial charge in [-0.25, -0.2) is 0 Å². The molecule has 3 aromatic carbocycles. The van der Waals surface area contributed by atoms with E-state index in [4.69, 9.17) is 4.52 Å². The zero-order valence-electron chi connectivity index (χ0n) is 21.5. The van der Waals surface area contributed by atoms with E-state index >= 15 is 0 Å². The average molecular weight is 503 g/mol. The van der Waals surface area contributed by atoms with Gasteiger partial charge in [0.25, 0.3) is 5.89 Å². The van der Waals surface area contributed by atoms with Gasteiger partial charge >= 0.3 is 0 Å². The van der Waals surface area contributed by atoms with Crippen LogP contribution in [0.25, 0.3) is 33.9 Å². The normalized spacial score (nSPS) is 10.6. The van der Waals surface area contributed by atoms with Crippen LogP contribution in [-0.4, -0.2) is 26.7 Å². The predicted octanol–water partition coefficient (Wildman–Crippen LogP) is 7.70. The second-order valence-corrected chi connectivity index (χ2v) is 8.46. The lowest BCUT2D eigenvalue weighted by atomic mass is 10.1. The van der Waals surface area contributed by atoms with Crippen molar-refractivity contribution in [3.63, 3.8) is 0 Å². The third-order valence-electron chi connectivity index (χ3n) is 6.01. The van der Waals surface area contributed by atoms with Crippen LogP contribution < -0.4 is 10.6 Å². The molecule has 0 aliphatic heterocycles. The highest BCUT2D eigenvalue weighted by atomic mass is 16.5. The van der Waals surface area contributed by atoms with E-state index in [-0.39, 0.29) is 0 Å². The van der Waals surface area contributed by atoms with Gasteiger partial charge < -0.3 is 20.1 Å². The molecule has 0 fully saturated rings. The van der Waals surface area contributed by atoms with Crippen molar-refractivity contribution in [3.05, 3.63) is 109 Å². The van der Waals surface area contributed by atoms with Crippen molar-refractivity contribution in [1.82, 2.24) is 20.1 Å². The van der Waals surface area contributed by atoms with Crippen LogP contribution in [0.1, 0.15) is 19.4 Å². The molecule has 0 unspecified atom stereocenters. The lowest BCUT2D eigenvalue weighted by molar-refractivity contribution is 0.431. The maximum Gasteiger partial charge on any atom is 0.276 e. The van der Waals surface area contributed by atoms with Crippen molar-refractivity contribution in [2.75, 3.05) is 17.2 Å². The Morgan fingerprint density at radius 2 is 1.58 bits per heavy atom. The minimum absolute atomic E-state index is 0.382. The van der Waals surface area contributed by atoms with Crippen molar-refractivity contribution in [3.8, 4) is 23.0 Å². The van der Waals surface area contributed by atoms with E-state index in [1.54, 1.807) is 6.20 Å². The molecule has 0 saturated carbocycles. The number of pyridine rings is 1. The Morgan fingerprint density at radius 1 is 0.816 bits per heavy atom. The first-order valence-corrected chi connectivity index (χ1v) is 12.8. The number of hydrogen-bond donors (Lipinski definition) is 3. The standard InChI is InChI=1S/C29H24N6O.C2H6/c1-2-6-20(7-3-1)28-34-29(36-35-28)27-18-24(15-17-31-27)33-23-12-10-22(11-13-23)30-16-14-21-19-32-26-9-5-4-8-25(21)26;1-2/h1-13,15,17-19,30,32H,14,16H2,(H,31,33);1-2H3. The first-order chi connectivity index (χ1) is 18.8. The third-order valence-corrected chi connectivity index (χ3v) is 6.01. The SMILES string of the molecule is CC.c1ccc(-c2noc(-c3cc(Nc4ccc(NCCc5c[nH]c6ccccc56)cc4)ccn3)n2)cc1. The molecule has 0 saturated heterocycles. The van der Waals surface area contributed by atoms with Gasteiger partial charge in [-0.05, 0) is 54.4 Å². The van der Waals surface area contributed by atoms with Crippen molar-refractivity contribution in [1.29, 1.82) is 0 Å². The van der Waals surface area contributed by atoms with Gasteiger partial charge in [0, 0.05) is 52.5 Å². The van der Waals surface area contributed by atoms with Gasteiger partial charge in [0.2, 0.25) is 5.82 Å². The summed E-state index contributed by atoms with van der Waals surface area (Å²) in [7, 11) is 0. The summed E-state index contributed by atoms with van der Waals surface area (Å²) in [6, 6.07) is 30.2.